The highest BCUT2D eigenvalue weighted by Crippen LogP contribution is 2.16. The Balaban J connectivity index is 2.77. The molecule has 0 radical (unpaired) electrons. The molecule has 0 aliphatic carbocycles. The molecule has 1 N–H and O–H groups in total. The second-order valence-electron chi connectivity index (χ2n) is 4.87. The first-order valence-electron chi connectivity index (χ1n) is 5.34. The van der Waals surface area contributed by atoms with Crippen LogP contribution >= 0.6 is 15.9 Å². The van der Waals surface area contributed by atoms with Crippen molar-refractivity contribution in [2.45, 2.75) is 18.6 Å². The van der Waals surface area contributed by atoms with Crippen LogP contribution in [0.25, 0.3) is 0 Å². The Labute approximate surface area is 116 Å². The molecule has 18 heavy (non-hydrogen) atoms. The summed E-state index contributed by atoms with van der Waals surface area (Å²) in [5, 5.41) is 2.64. The first-order chi connectivity index (χ1) is 8.04. The standard InChI is InChI=1S/C11H17BrN2O3S/c1-11(2,18(4,16)17)7-13-10(15)9-5-8(12)6-14(9)3/h5-6H,7H2,1-4H3,(H,13,15). The first kappa shape index (κ1) is 15.2. The van der Waals surface area contributed by atoms with Crippen molar-refractivity contribution in [3.05, 3.63) is 22.4 Å². The van der Waals surface area contributed by atoms with Crippen LogP contribution in [-0.2, 0) is 16.9 Å². The molecule has 0 unspecified atom stereocenters. The fourth-order valence-electron chi connectivity index (χ4n) is 1.26. The van der Waals surface area contributed by atoms with Crippen LogP contribution < -0.4 is 5.32 Å². The monoisotopic (exact) mass is 336 g/mol. The number of carbonyl (C=O) groups is 1. The van der Waals surface area contributed by atoms with Crippen LogP contribution in [0.4, 0.5) is 0 Å². The Hall–Kier alpha value is -0.820. The Morgan fingerprint density at radius 3 is 2.44 bits per heavy atom. The van der Waals surface area contributed by atoms with E-state index in [1.54, 1.807) is 37.7 Å². The van der Waals surface area contributed by atoms with E-state index in [2.05, 4.69) is 21.2 Å². The number of hydrogen-bond donors (Lipinski definition) is 1. The van der Waals surface area contributed by atoms with E-state index in [1.165, 1.54) is 0 Å². The lowest BCUT2D eigenvalue weighted by Gasteiger charge is -2.22. The van der Waals surface area contributed by atoms with Gasteiger partial charge in [0.1, 0.15) is 5.69 Å². The maximum Gasteiger partial charge on any atom is 0.267 e. The third kappa shape index (κ3) is 3.35. The van der Waals surface area contributed by atoms with Gasteiger partial charge in [0.2, 0.25) is 0 Å². The van der Waals surface area contributed by atoms with Gasteiger partial charge in [-0.1, -0.05) is 0 Å². The number of carbonyl (C=O) groups excluding carboxylic acids is 1. The molecule has 0 fully saturated rings. The molecule has 0 atom stereocenters. The van der Waals surface area contributed by atoms with E-state index in [4.69, 9.17) is 0 Å². The van der Waals surface area contributed by atoms with Gasteiger partial charge >= 0.3 is 0 Å². The second-order valence-corrected chi connectivity index (χ2v) is 8.43. The predicted octanol–water partition coefficient (Wildman–Crippen LogP) is 1.34. The van der Waals surface area contributed by atoms with E-state index in [9.17, 15) is 13.2 Å². The van der Waals surface area contributed by atoms with Gasteiger partial charge in [-0.25, -0.2) is 8.42 Å². The fourth-order valence-corrected chi connectivity index (χ4v) is 2.12. The van der Waals surface area contributed by atoms with Crippen molar-refractivity contribution in [1.82, 2.24) is 9.88 Å². The molecule has 1 heterocycles. The summed E-state index contributed by atoms with van der Waals surface area (Å²) >= 11 is 3.28. The number of aryl methyl sites for hydroxylation is 1. The maximum atomic E-state index is 11.9. The molecule has 102 valence electrons. The van der Waals surface area contributed by atoms with Gasteiger partial charge in [-0.05, 0) is 35.8 Å². The molecule has 5 nitrogen and oxygen atoms in total. The molecule has 0 aromatic carbocycles. The molecule has 0 saturated carbocycles. The Bertz CT molecular complexity index is 561. The molecule has 1 aromatic rings. The van der Waals surface area contributed by atoms with E-state index >= 15 is 0 Å². The molecule has 0 saturated heterocycles. The van der Waals surface area contributed by atoms with Gasteiger partial charge in [-0.2, -0.15) is 0 Å². The quantitative estimate of drug-likeness (QED) is 0.902. The number of nitrogens with one attached hydrogen (secondary N) is 1. The number of hydrogen-bond acceptors (Lipinski definition) is 3. The van der Waals surface area contributed by atoms with Crippen LogP contribution in [-0.4, -0.2) is 36.4 Å². The zero-order valence-corrected chi connectivity index (χ0v) is 13.2. The largest absolute Gasteiger partial charge is 0.349 e. The summed E-state index contributed by atoms with van der Waals surface area (Å²) in [4.78, 5) is 11.9. The molecule has 1 rings (SSSR count). The van der Waals surface area contributed by atoms with E-state index in [0.29, 0.717) is 5.69 Å². The zero-order chi connectivity index (χ0) is 14.1. The van der Waals surface area contributed by atoms with E-state index in [1.807, 2.05) is 0 Å². The summed E-state index contributed by atoms with van der Waals surface area (Å²) in [7, 11) is -1.46. The van der Waals surface area contributed by atoms with Gasteiger partial charge in [0, 0.05) is 30.5 Å². The SMILES string of the molecule is Cn1cc(Br)cc1C(=O)NCC(C)(C)S(C)(=O)=O. The van der Waals surface area contributed by atoms with Gasteiger partial charge in [0.25, 0.3) is 5.91 Å². The van der Waals surface area contributed by atoms with Gasteiger partial charge in [-0.3, -0.25) is 4.79 Å². The molecular weight excluding hydrogens is 320 g/mol. The minimum atomic E-state index is -3.22. The third-order valence-electron chi connectivity index (χ3n) is 2.88. The smallest absolute Gasteiger partial charge is 0.267 e. The molecule has 0 bridgehead atoms. The summed E-state index contributed by atoms with van der Waals surface area (Å²) in [6.45, 7) is 3.25. The molecule has 7 heteroatoms. The van der Waals surface area contributed by atoms with Crippen molar-refractivity contribution in [2.75, 3.05) is 12.8 Å². The summed E-state index contributed by atoms with van der Waals surface area (Å²) in [6, 6.07) is 1.68. The minimum Gasteiger partial charge on any atom is -0.349 e. The van der Waals surface area contributed by atoms with Crippen LogP contribution in [0.3, 0.4) is 0 Å². The van der Waals surface area contributed by atoms with E-state index in [0.717, 1.165) is 10.7 Å². The van der Waals surface area contributed by atoms with Gasteiger partial charge in [-0.15, -0.1) is 0 Å². The number of sulfone groups is 1. The van der Waals surface area contributed by atoms with Crippen molar-refractivity contribution >= 4 is 31.7 Å². The average Bonchev–Trinajstić information content (AvgIpc) is 2.53. The number of rotatable bonds is 4. The predicted molar refractivity (Wildman–Crippen MR) is 74.4 cm³/mol. The average molecular weight is 337 g/mol. The van der Waals surface area contributed by atoms with Crippen molar-refractivity contribution in [2.24, 2.45) is 7.05 Å². The molecular formula is C11H17BrN2O3S. The number of aromatic nitrogens is 1. The Morgan fingerprint density at radius 2 is 2.06 bits per heavy atom. The topological polar surface area (TPSA) is 68.2 Å². The molecule has 0 spiro atoms. The summed E-state index contributed by atoms with van der Waals surface area (Å²) < 4.78 is 24.5. The molecule has 0 aliphatic heterocycles. The van der Waals surface area contributed by atoms with Crippen LogP contribution in [0.5, 0.6) is 0 Å². The normalized spacial score (nSPS) is 12.5. The second kappa shape index (κ2) is 5.05. The Kier molecular flexibility index (Phi) is 4.27. The Morgan fingerprint density at radius 1 is 1.50 bits per heavy atom. The van der Waals surface area contributed by atoms with Gasteiger partial charge in [0.05, 0.1) is 4.75 Å². The van der Waals surface area contributed by atoms with Crippen LogP contribution in [0, 0.1) is 0 Å². The van der Waals surface area contributed by atoms with Gasteiger partial charge in [0.15, 0.2) is 9.84 Å². The summed E-state index contributed by atoms with van der Waals surface area (Å²) in [5.41, 5.74) is 0.478. The highest BCUT2D eigenvalue weighted by atomic mass is 79.9. The molecule has 1 aromatic heterocycles. The third-order valence-corrected chi connectivity index (χ3v) is 5.47. The maximum absolute atomic E-state index is 11.9. The minimum absolute atomic E-state index is 0.0769. The summed E-state index contributed by atoms with van der Waals surface area (Å²) in [5.74, 6) is -0.292. The van der Waals surface area contributed by atoms with E-state index in [-0.39, 0.29) is 12.5 Å². The lowest BCUT2D eigenvalue weighted by molar-refractivity contribution is 0.0942. The molecule has 0 aliphatic rings. The van der Waals surface area contributed by atoms with Crippen molar-refractivity contribution in [3.8, 4) is 0 Å². The fraction of sp³-hybridized carbons (Fsp3) is 0.545. The summed E-state index contributed by atoms with van der Waals surface area (Å²) in [6.07, 6.45) is 2.93. The van der Waals surface area contributed by atoms with Crippen molar-refractivity contribution in [1.29, 1.82) is 0 Å². The van der Waals surface area contributed by atoms with E-state index < -0.39 is 14.6 Å². The van der Waals surface area contributed by atoms with Crippen LogP contribution in [0.15, 0.2) is 16.7 Å². The van der Waals surface area contributed by atoms with Crippen molar-refractivity contribution in [3.63, 3.8) is 0 Å². The lowest BCUT2D eigenvalue weighted by Crippen LogP contribution is -2.44. The number of amides is 1. The van der Waals surface area contributed by atoms with Crippen LogP contribution in [0.2, 0.25) is 0 Å². The van der Waals surface area contributed by atoms with Crippen molar-refractivity contribution < 1.29 is 13.2 Å². The number of halogens is 1. The highest BCUT2D eigenvalue weighted by Gasteiger charge is 2.30. The zero-order valence-electron chi connectivity index (χ0n) is 10.8. The van der Waals surface area contributed by atoms with Gasteiger partial charge < -0.3 is 9.88 Å². The highest BCUT2D eigenvalue weighted by molar-refractivity contribution is 9.10. The first-order valence-corrected chi connectivity index (χ1v) is 8.03. The van der Waals surface area contributed by atoms with Crippen LogP contribution in [0.1, 0.15) is 24.3 Å². The lowest BCUT2D eigenvalue weighted by atomic mass is 10.2. The molecule has 1 amide bonds. The number of nitrogens with zero attached hydrogens (tertiary/aromatic N) is 1.